The predicted molar refractivity (Wildman–Crippen MR) is 85.4 cm³/mol. The molecule has 0 radical (unpaired) electrons. The van der Waals surface area contributed by atoms with Gasteiger partial charge in [0.1, 0.15) is 0 Å². The normalized spacial score (nSPS) is 20.4. The first-order valence-electron chi connectivity index (χ1n) is 8.07. The van der Waals surface area contributed by atoms with Gasteiger partial charge in [0.25, 0.3) is 0 Å². The Labute approximate surface area is 128 Å². The number of nitrogens with two attached hydrogens (primary N) is 1. The van der Waals surface area contributed by atoms with Crippen LogP contribution in [0.4, 0.5) is 0 Å². The van der Waals surface area contributed by atoms with Crippen molar-refractivity contribution >= 4 is 0 Å². The minimum absolute atomic E-state index is 0.0378. The highest BCUT2D eigenvalue weighted by Gasteiger charge is 2.34. The largest absolute Gasteiger partial charge is 0.379 e. The van der Waals surface area contributed by atoms with Crippen LogP contribution in [0.1, 0.15) is 45.9 Å². The number of hydrogen-bond donors (Lipinski definition) is 1. The Bertz CT molecular complexity index is 437. The maximum atomic E-state index is 6.50. The van der Waals surface area contributed by atoms with Gasteiger partial charge in [-0.2, -0.15) is 5.10 Å². The Hall–Kier alpha value is -0.910. The molecular formula is C16H30N4O. The molecule has 1 fully saturated rings. The fourth-order valence-corrected chi connectivity index (χ4v) is 2.77. The van der Waals surface area contributed by atoms with Gasteiger partial charge in [0, 0.05) is 43.3 Å². The molecule has 0 saturated carbocycles. The van der Waals surface area contributed by atoms with Crippen LogP contribution in [0.3, 0.4) is 0 Å². The minimum Gasteiger partial charge on any atom is -0.379 e. The molecule has 120 valence electrons. The highest BCUT2D eigenvalue weighted by atomic mass is 16.5. The summed E-state index contributed by atoms with van der Waals surface area (Å²) in [7, 11) is 0. The third-order valence-electron chi connectivity index (χ3n) is 4.87. The molecule has 1 aromatic rings. The van der Waals surface area contributed by atoms with Crippen molar-refractivity contribution in [1.82, 2.24) is 14.7 Å². The van der Waals surface area contributed by atoms with Gasteiger partial charge >= 0.3 is 0 Å². The monoisotopic (exact) mass is 294 g/mol. The molecule has 1 aromatic heterocycles. The standard InChI is InChI=1S/C16H30N4O/c1-5-13(2)20-7-6-14(18-20)12-15(17)16(3,4)19-8-10-21-11-9-19/h6-7,13,15H,5,8-12,17H2,1-4H3. The summed E-state index contributed by atoms with van der Waals surface area (Å²) in [6.07, 6.45) is 3.97. The molecule has 2 unspecified atom stereocenters. The molecule has 5 nitrogen and oxygen atoms in total. The molecule has 0 spiro atoms. The van der Waals surface area contributed by atoms with Crippen LogP contribution in [-0.2, 0) is 11.2 Å². The molecule has 2 rings (SSSR count). The molecule has 2 atom stereocenters. The van der Waals surface area contributed by atoms with E-state index in [2.05, 4.69) is 50.0 Å². The second kappa shape index (κ2) is 6.90. The first-order chi connectivity index (χ1) is 9.95. The number of hydrogen-bond acceptors (Lipinski definition) is 4. The predicted octanol–water partition coefficient (Wildman–Crippen LogP) is 1.83. The Morgan fingerprint density at radius 1 is 1.38 bits per heavy atom. The van der Waals surface area contributed by atoms with Crippen molar-refractivity contribution in [1.29, 1.82) is 0 Å². The lowest BCUT2D eigenvalue weighted by molar-refractivity contribution is -0.0187. The van der Waals surface area contributed by atoms with E-state index in [0.717, 1.165) is 44.8 Å². The first kappa shape index (κ1) is 16.5. The Morgan fingerprint density at radius 3 is 2.67 bits per heavy atom. The zero-order valence-corrected chi connectivity index (χ0v) is 13.9. The molecule has 1 aliphatic heterocycles. The maximum Gasteiger partial charge on any atom is 0.0640 e. The SMILES string of the molecule is CCC(C)n1ccc(CC(N)C(C)(C)N2CCOCC2)n1. The lowest BCUT2D eigenvalue weighted by atomic mass is 9.89. The highest BCUT2D eigenvalue weighted by Crippen LogP contribution is 2.22. The van der Waals surface area contributed by atoms with Gasteiger partial charge in [-0.25, -0.2) is 0 Å². The molecule has 1 saturated heterocycles. The molecular weight excluding hydrogens is 264 g/mol. The average Bonchev–Trinajstić information content (AvgIpc) is 2.95. The van der Waals surface area contributed by atoms with E-state index in [4.69, 9.17) is 10.5 Å². The van der Waals surface area contributed by atoms with Crippen molar-refractivity contribution in [2.45, 2.75) is 58.2 Å². The minimum atomic E-state index is -0.0378. The van der Waals surface area contributed by atoms with E-state index in [-0.39, 0.29) is 11.6 Å². The van der Waals surface area contributed by atoms with Gasteiger partial charge in [-0.05, 0) is 33.3 Å². The summed E-state index contributed by atoms with van der Waals surface area (Å²) in [6.45, 7) is 12.4. The van der Waals surface area contributed by atoms with Crippen LogP contribution in [0.5, 0.6) is 0 Å². The van der Waals surface area contributed by atoms with Gasteiger partial charge in [0.15, 0.2) is 0 Å². The van der Waals surface area contributed by atoms with E-state index in [1.165, 1.54) is 0 Å². The van der Waals surface area contributed by atoms with E-state index in [0.29, 0.717) is 6.04 Å². The fraction of sp³-hybridized carbons (Fsp3) is 0.812. The van der Waals surface area contributed by atoms with Crippen molar-refractivity contribution in [3.8, 4) is 0 Å². The van der Waals surface area contributed by atoms with Crippen molar-refractivity contribution < 1.29 is 4.74 Å². The average molecular weight is 294 g/mol. The van der Waals surface area contributed by atoms with E-state index >= 15 is 0 Å². The Kier molecular flexibility index (Phi) is 5.41. The highest BCUT2D eigenvalue weighted by molar-refractivity contribution is 5.06. The Balaban J connectivity index is 1.99. The topological polar surface area (TPSA) is 56.3 Å². The van der Waals surface area contributed by atoms with Crippen LogP contribution in [0, 0.1) is 0 Å². The van der Waals surface area contributed by atoms with E-state index in [9.17, 15) is 0 Å². The molecule has 21 heavy (non-hydrogen) atoms. The number of ether oxygens (including phenoxy) is 1. The number of nitrogens with zero attached hydrogens (tertiary/aromatic N) is 3. The molecule has 0 amide bonds. The van der Waals surface area contributed by atoms with E-state index < -0.39 is 0 Å². The van der Waals surface area contributed by atoms with Gasteiger partial charge in [0.05, 0.1) is 18.9 Å². The summed E-state index contributed by atoms with van der Waals surface area (Å²) in [5.41, 5.74) is 7.55. The van der Waals surface area contributed by atoms with Crippen molar-refractivity contribution in [3.63, 3.8) is 0 Å². The summed E-state index contributed by atoms with van der Waals surface area (Å²) < 4.78 is 7.48. The molecule has 0 bridgehead atoms. The summed E-state index contributed by atoms with van der Waals surface area (Å²) in [5.74, 6) is 0. The lowest BCUT2D eigenvalue weighted by Gasteiger charge is -2.44. The van der Waals surface area contributed by atoms with Gasteiger partial charge in [-0.15, -0.1) is 0 Å². The van der Waals surface area contributed by atoms with Crippen LogP contribution >= 0.6 is 0 Å². The third kappa shape index (κ3) is 3.84. The van der Waals surface area contributed by atoms with Gasteiger partial charge in [0.2, 0.25) is 0 Å². The molecule has 2 N–H and O–H groups in total. The quantitative estimate of drug-likeness (QED) is 0.870. The summed E-state index contributed by atoms with van der Waals surface area (Å²) >= 11 is 0. The molecule has 0 aromatic carbocycles. The third-order valence-corrected chi connectivity index (χ3v) is 4.87. The molecule has 0 aliphatic carbocycles. The Morgan fingerprint density at radius 2 is 2.05 bits per heavy atom. The number of morpholine rings is 1. The smallest absolute Gasteiger partial charge is 0.0640 e. The van der Waals surface area contributed by atoms with Crippen LogP contribution in [0.15, 0.2) is 12.3 Å². The zero-order chi connectivity index (χ0) is 15.5. The van der Waals surface area contributed by atoms with Crippen LogP contribution in [-0.4, -0.2) is 52.6 Å². The second-order valence-electron chi connectivity index (χ2n) is 6.61. The van der Waals surface area contributed by atoms with Crippen LogP contribution in [0.2, 0.25) is 0 Å². The maximum absolute atomic E-state index is 6.50. The first-order valence-corrected chi connectivity index (χ1v) is 8.07. The van der Waals surface area contributed by atoms with E-state index in [1.807, 2.05) is 4.68 Å². The second-order valence-corrected chi connectivity index (χ2v) is 6.61. The summed E-state index contributed by atoms with van der Waals surface area (Å²) in [5, 5.41) is 4.67. The van der Waals surface area contributed by atoms with Crippen molar-refractivity contribution in [2.75, 3.05) is 26.3 Å². The van der Waals surface area contributed by atoms with E-state index in [1.54, 1.807) is 0 Å². The van der Waals surface area contributed by atoms with Crippen molar-refractivity contribution in [3.05, 3.63) is 18.0 Å². The van der Waals surface area contributed by atoms with Gasteiger partial charge in [-0.3, -0.25) is 9.58 Å². The van der Waals surface area contributed by atoms with Crippen LogP contribution in [0.25, 0.3) is 0 Å². The summed E-state index contributed by atoms with van der Waals surface area (Å²) in [4.78, 5) is 2.44. The molecule has 5 heteroatoms. The van der Waals surface area contributed by atoms with Gasteiger partial charge < -0.3 is 10.5 Å². The van der Waals surface area contributed by atoms with Crippen LogP contribution < -0.4 is 5.73 Å². The van der Waals surface area contributed by atoms with Gasteiger partial charge in [-0.1, -0.05) is 6.92 Å². The molecule has 1 aliphatic rings. The summed E-state index contributed by atoms with van der Waals surface area (Å²) in [6, 6.07) is 2.61. The lowest BCUT2D eigenvalue weighted by Crippen LogP contribution is -2.59. The molecule has 2 heterocycles. The fourth-order valence-electron chi connectivity index (χ4n) is 2.77. The zero-order valence-electron chi connectivity index (χ0n) is 13.9. The number of rotatable bonds is 6. The number of aromatic nitrogens is 2. The van der Waals surface area contributed by atoms with Crippen molar-refractivity contribution in [2.24, 2.45) is 5.73 Å².